The zero-order valence-corrected chi connectivity index (χ0v) is 11.5. The summed E-state index contributed by atoms with van der Waals surface area (Å²) < 4.78 is 12.8. The van der Waals surface area contributed by atoms with Gasteiger partial charge in [0.2, 0.25) is 0 Å². The van der Waals surface area contributed by atoms with Gasteiger partial charge in [-0.2, -0.15) is 0 Å². The van der Waals surface area contributed by atoms with E-state index < -0.39 is 0 Å². The maximum atomic E-state index is 12.8. The van der Waals surface area contributed by atoms with Crippen LogP contribution in [0.4, 0.5) is 4.39 Å². The van der Waals surface area contributed by atoms with Gasteiger partial charge in [0.25, 0.3) is 0 Å². The van der Waals surface area contributed by atoms with E-state index in [4.69, 9.17) is 0 Å². The van der Waals surface area contributed by atoms with E-state index in [1.807, 2.05) is 19.1 Å². The van der Waals surface area contributed by atoms with Crippen molar-refractivity contribution < 1.29 is 9.50 Å². The Morgan fingerprint density at radius 2 is 1.94 bits per heavy atom. The molecule has 0 aliphatic rings. The summed E-state index contributed by atoms with van der Waals surface area (Å²) in [7, 11) is 0. The van der Waals surface area contributed by atoms with Crippen LogP contribution in [-0.2, 0) is 6.42 Å². The number of hydrogen-bond acceptors (Lipinski definition) is 2. The highest BCUT2D eigenvalue weighted by Crippen LogP contribution is 2.12. The number of aryl methyl sites for hydroxylation is 1. The van der Waals surface area contributed by atoms with E-state index in [1.54, 1.807) is 0 Å². The molecule has 3 heteroatoms. The van der Waals surface area contributed by atoms with E-state index in [9.17, 15) is 9.50 Å². The van der Waals surface area contributed by atoms with Gasteiger partial charge in [-0.05, 0) is 50.8 Å². The van der Waals surface area contributed by atoms with Crippen molar-refractivity contribution in [3.8, 4) is 0 Å². The van der Waals surface area contributed by atoms with E-state index in [0.717, 1.165) is 24.8 Å². The van der Waals surface area contributed by atoms with Gasteiger partial charge in [-0.3, -0.25) is 0 Å². The lowest BCUT2D eigenvalue weighted by molar-refractivity contribution is 0.157. The monoisotopic (exact) mass is 253 g/mol. The highest BCUT2D eigenvalue weighted by molar-refractivity contribution is 5.16. The molecule has 0 heterocycles. The number of hydrogen-bond donors (Lipinski definition) is 2. The van der Waals surface area contributed by atoms with Gasteiger partial charge in [-0.15, -0.1) is 0 Å². The number of nitrogens with one attached hydrogen (secondary N) is 1. The Kier molecular flexibility index (Phi) is 5.76. The van der Waals surface area contributed by atoms with Crippen LogP contribution < -0.4 is 5.32 Å². The first kappa shape index (κ1) is 15.1. The summed E-state index contributed by atoms with van der Waals surface area (Å²) in [6, 6.07) is 6.97. The first-order chi connectivity index (χ1) is 8.49. The quantitative estimate of drug-likeness (QED) is 0.783. The molecule has 1 rings (SSSR count). The van der Waals surface area contributed by atoms with Crippen LogP contribution in [0.2, 0.25) is 0 Å². The Bertz CT molecular complexity index is 346. The maximum Gasteiger partial charge on any atom is 0.123 e. The number of benzene rings is 1. The van der Waals surface area contributed by atoms with Crippen molar-refractivity contribution >= 4 is 0 Å². The van der Waals surface area contributed by atoms with Gasteiger partial charge in [0.05, 0.1) is 6.61 Å². The number of halogens is 1. The molecule has 2 nitrogen and oxygen atoms in total. The third-order valence-electron chi connectivity index (χ3n) is 3.50. The Labute approximate surface area is 109 Å². The number of aliphatic hydroxyl groups is 1. The molecule has 0 radical (unpaired) electrons. The van der Waals surface area contributed by atoms with Gasteiger partial charge in [-0.25, -0.2) is 4.39 Å². The maximum absolute atomic E-state index is 12.8. The Balaban J connectivity index is 2.41. The van der Waals surface area contributed by atoms with Gasteiger partial charge in [0, 0.05) is 11.6 Å². The van der Waals surface area contributed by atoms with Crippen LogP contribution in [0.15, 0.2) is 24.3 Å². The first-order valence-electron chi connectivity index (χ1n) is 6.62. The molecule has 1 aromatic rings. The number of aliphatic hydroxyl groups excluding tert-OH is 1. The van der Waals surface area contributed by atoms with Crippen molar-refractivity contribution in [1.82, 2.24) is 5.32 Å². The molecular weight excluding hydrogens is 229 g/mol. The lowest BCUT2D eigenvalue weighted by Crippen LogP contribution is -2.49. The highest BCUT2D eigenvalue weighted by atomic mass is 19.1. The lowest BCUT2D eigenvalue weighted by Gasteiger charge is -2.31. The van der Waals surface area contributed by atoms with Crippen molar-refractivity contribution in [1.29, 1.82) is 0 Å². The molecule has 0 bridgehead atoms. The predicted molar refractivity (Wildman–Crippen MR) is 73.1 cm³/mol. The molecule has 0 amide bonds. The second-order valence-electron chi connectivity index (χ2n) is 5.28. The van der Waals surface area contributed by atoms with Gasteiger partial charge in [0.15, 0.2) is 0 Å². The van der Waals surface area contributed by atoms with E-state index in [1.165, 1.54) is 12.1 Å². The molecule has 0 aliphatic heterocycles. The molecule has 0 spiro atoms. The summed E-state index contributed by atoms with van der Waals surface area (Å²) in [5.74, 6) is -0.191. The fourth-order valence-electron chi connectivity index (χ4n) is 1.96. The van der Waals surface area contributed by atoms with Crippen LogP contribution in [0, 0.1) is 5.82 Å². The van der Waals surface area contributed by atoms with Gasteiger partial charge in [0.1, 0.15) is 5.82 Å². The minimum absolute atomic E-state index is 0.143. The van der Waals surface area contributed by atoms with Gasteiger partial charge < -0.3 is 10.4 Å². The normalized spacial score (nSPS) is 16.3. The van der Waals surface area contributed by atoms with Crippen LogP contribution in [-0.4, -0.2) is 23.3 Å². The zero-order chi connectivity index (χ0) is 13.6. The molecule has 0 aliphatic carbocycles. The molecule has 0 saturated heterocycles. The molecular formula is C15H24FNO. The van der Waals surface area contributed by atoms with Crippen molar-refractivity contribution in [3.05, 3.63) is 35.6 Å². The smallest absolute Gasteiger partial charge is 0.123 e. The Morgan fingerprint density at radius 1 is 1.33 bits per heavy atom. The largest absolute Gasteiger partial charge is 0.394 e. The summed E-state index contributed by atoms with van der Waals surface area (Å²) in [4.78, 5) is 0. The van der Waals surface area contributed by atoms with Crippen molar-refractivity contribution in [2.24, 2.45) is 0 Å². The Morgan fingerprint density at radius 3 is 2.44 bits per heavy atom. The molecule has 2 unspecified atom stereocenters. The minimum Gasteiger partial charge on any atom is -0.394 e. The molecule has 0 aromatic heterocycles. The predicted octanol–water partition coefficient (Wildman–Crippen LogP) is 2.90. The van der Waals surface area contributed by atoms with Crippen LogP contribution in [0.5, 0.6) is 0 Å². The van der Waals surface area contributed by atoms with Crippen molar-refractivity contribution in [3.63, 3.8) is 0 Å². The van der Waals surface area contributed by atoms with E-state index in [-0.39, 0.29) is 18.0 Å². The average Bonchev–Trinajstić information content (AvgIpc) is 2.38. The fourth-order valence-corrected chi connectivity index (χ4v) is 1.96. The Hall–Kier alpha value is -0.930. The summed E-state index contributed by atoms with van der Waals surface area (Å²) >= 11 is 0. The van der Waals surface area contributed by atoms with Crippen LogP contribution in [0.1, 0.15) is 39.2 Å². The average molecular weight is 253 g/mol. The summed E-state index contributed by atoms with van der Waals surface area (Å²) in [6.07, 6.45) is 2.78. The van der Waals surface area contributed by atoms with Gasteiger partial charge in [-0.1, -0.05) is 19.1 Å². The van der Waals surface area contributed by atoms with E-state index in [0.29, 0.717) is 6.04 Å². The van der Waals surface area contributed by atoms with E-state index in [2.05, 4.69) is 19.2 Å². The summed E-state index contributed by atoms with van der Waals surface area (Å²) in [5, 5.41) is 12.8. The molecule has 0 saturated carbocycles. The van der Waals surface area contributed by atoms with Gasteiger partial charge >= 0.3 is 0 Å². The van der Waals surface area contributed by atoms with Crippen LogP contribution in [0.3, 0.4) is 0 Å². The highest BCUT2D eigenvalue weighted by Gasteiger charge is 2.22. The second-order valence-corrected chi connectivity index (χ2v) is 5.28. The lowest BCUT2D eigenvalue weighted by atomic mass is 9.97. The molecule has 102 valence electrons. The van der Waals surface area contributed by atoms with E-state index >= 15 is 0 Å². The third-order valence-corrected chi connectivity index (χ3v) is 3.50. The standard InChI is InChI=1S/C15H24FNO/c1-4-15(3,11-18)17-12(2)5-6-13-7-9-14(16)10-8-13/h7-10,12,17-18H,4-6,11H2,1-3H3. The van der Waals surface area contributed by atoms with Crippen molar-refractivity contribution in [2.75, 3.05) is 6.61 Å². The first-order valence-corrected chi connectivity index (χ1v) is 6.62. The molecule has 0 fully saturated rings. The third kappa shape index (κ3) is 4.75. The van der Waals surface area contributed by atoms with Crippen molar-refractivity contribution in [2.45, 2.75) is 51.6 Å². The minimum atomic E-state index is -0.206. The fraction of sp³-hybridized carbons (Fsp3) is 0.600. The SMILES string of the molecule is CCC(C)(CO)NC(C)CCc1ccc(F)cc1. The zero-order valence-electron chi connectivity index (χ0n) is 11.5. The molecule has 1 aromatic carbocycles. The molecule has 18 heavy (non-hydrogen) atoms. The second kappa shape index (κ2) is 6.86. The summed E-state index contributed by atoms with van der Waals surface area (Å²) in [6.45, 7) is 6.36. The molecule has 2 atom stereocenters. The summed E-state index contributed by atoms with van der Waals surface area (Å²) in [5.41, 5.74) is 0.939. The molecule has 2 N–H and O–H groups in total. The number of rotatable bonds is 7. The topological polar surface area (TPSA) is 32.3 Å². The van der Waals surface area contributed by atoms with Crippen LogP contribution in [0.25, 0.3) is 0 Å². The van der Waals surface area contributed by atoms with Crippen LogP contribution >= 0.6 is 0 Å².